The fourth-order valence-corrected chi connectivity index (χ4v) is 7.20. The first-order valence-electron chi connectivity index (χ1n) is 13.0. The fraction of sp³-hybridized carbons (Fsp3) is 0.920. The Morgan fingerprint density at radius 2 is 1.66 bits per heavy atom. The molecular weight excluding hydrogens is 406 g/mol. The van der Waals surface area contributed by atoms with Crippen molar-refractivity contribution in [2.45, 2.75) is 82.8 Å². The van der Waals surface area contributed by atoms with Crippen molar-refractivity contribution in [2.24, 2.45) is 35.3 Å². The summed E-state index contributed by atoms with van der Waals surface area (Å²) in [6.07, 6.45) is 11.3. The van der Waals surface area contributed by atoms with Gasteiger partial charge in [-0.2, -0.15) is 0 Å². The maximum Gasteiger partial charge on any atom is 0.336 e. The Morgan fingerprint density at radius 1 is 0.938 bits per heavy atom. The van der Waals surface area contributed by atoms with Gasteiger partial charge in [-0.25, -0.2) is 4.79 Å². The molecule has 0 spiro atoms. The van der Waals surface area contributed by atoms with Gasteiger partial charge in [-0.15, -0.1) is 0 Å². The van der Waals surface area contributed by atoms with Gasteiger partial charge in [-0.05, 0) is 95.1 Å². The van der Waals surface area contributed by atoms with Gasteiger partial charge >= 0.3 is 5.97 Å². The number of likely N-dealkylation sites (tertiary alicyclic amines) is 2. The lowest BCUT2D eigenvalue weighted by Gasteiger charge is -2.42. The molecule has 2 heterocycles. The van der Waals surface area contributed by atoms with E-state index in [9.17, 15) is 19.8 Å². The number of aliphatic hydroxyl groups is 1. The second kappa shape index (κ2) is 9.98. The first kappa shape index (κ1) is 24.0. The number of nitrogens with two attached hydrogens (primary N) is 1. The number of carboxylic acids is 1. The van der Waals surface area contributed by atoms with Crippen LogP contribution in [0.1, 0.15) is 71.1 Å². The predicted molar refractivity (Wildman–Crippen MR) is 123 cm³/mol. The van der Waals surface area contributed by atoms with Gasteiger partial charge < -0.3 is 20.8 Å². The van der Waals surface area contributed by atoms with E-state index in [1.54, 1.807) is 0 Å². The van der Waals surface area contributed by atoms with Crippen molar-refractivity contribution < 1.29 is 19.8 Å². The van der Waals surface area contributed by atoms with E-state index in [-0.39, 0.29) is 18.5 Å². The summed E-state index contributed by atoms with van der Waals surface area (Å²) >= 11 is 0. The molecule has 7 heteroatoms. The number of amides is 1. The molecule has 2 saturated heterocycles. The number of piperidine rings is 1. The molecule has 182 valence electrons. The van der Waals surface area contributed by atoms with Crippen molar-refractivity contribution in [1.29, 1.82) is 0 Å². The van der Waals surface area contributed by atoms with Crippen molar-refractivity contribution in [3.8, 4) is 0 Å². The molecule has 6 atom stereocenters. The highest BCUT2D eigenvalue weighted by Crippen LogP contribution is 2.41. The van der Waals surface area contributed by atoms with Crippen LogP contribution >= 0.6 is 0 Å². The summed E-state index contributed by atoms with van der Waals surface area (Å²) in [6, 6.07) is 0.219. The molecule has 4 rings (SSSR count). The molecule has 4 aliphatic rings. The second-order valence-electron chi connectivity index (χ2n) is 11.4. The highest BCUT2D eigenvalue weighted by atomic mass is 16.4. The van der Waals surface area contributed by atoms with Crippen LogP contribution in [0.5, 0.6) is 0 Å². The molecule has 0 aromatic rings. The van der Waals surface area contributed by atoms with Gasteiger partial charge in [0.25, 0.3) is 0 Å². The zero-order valence-corrected chi connectivity index (χ0v) is 19.8. The van der Waals surface area contributed by atoms with Gasteiger partial charge in [0.05, 0.1) is 0 Å². The van der Waals surface area contributed by atoms with Crippen LogP contribution < -0.4 is 5.73 Å². The summed E-state index contributed by atoms with van der Waals surface area (Å²) in [4.78, 5) is 29.0. The lowest BCUT2D eigenvalue weighted by Crippen LogP contribution is -2.51. The van der Waals surface area contributed by atoms with Crippen molar-refractivity contribution in [3.05, 3.63) is 0 Å². The van der Waals surface area contributed by atoms with E-state index in [0.717, 1.165) is 76.5 Å². The minimum atomic E-state index is -1.74. The Morgan fingerprint density at radius 3 is 2.34 bits per heavy atom. The maximum absolute atomic E-state index is 13.4. The van der Waals surface area contributed by atoms with Crippen LogP contribution in [0, 0.1) is 29.6 Å². The topological polar surface area (TPSA) is 107 Å². The van der Waals surface area contributed by atoms with Gasteiger partial charge in [0.15, 0.2) is 5.60 Å². The van der Waals surface area contributed by atoms with Crippen LogP contribution in [0.3, 0.4) is 0 Å². The average molecular weight is 450 g/mol. The third-order valence-corrected chi connectivity index (χ3v) is 9.21. The minimum Gasteiger partial charge on any atom is -0.479 e. The monoisotopic (exact) mass is 449 g/mol. The van der Waals surface area contributed by atoms with Crippen molar-refractivity contribution in [2.75, 3.05) is 32.7 Å². The predicted octanol–water partition coefficient (Wildman–Crippen LogP) is 2.32. The summed E-state index contributed by atoms with van der Waals surface area (Å²) in [6.45, 7) is 4.92. The number of β-amino-alcohol motifs (C(OH)–C–C–N with tert-alkyl or cyclic N) is 1. The normalized spacial score (nSPS) is 36.5. The van der Waals surface area contributed by atoms with Crippen LogP contribution in [-0.2, 0) is 9.59 Å². The Bertz CT molecular complexity index is 676. The van der Waals surface area contributed by atoms with Gasteiger partial charge in [0, 0.05) is 31.6 Å². The largest absolute Gasteiger partial charge is 0.479 e. The van der Waals surface area contributed by atoms with E-state index in [1.807, 2.05) is 0 Å². The first-order valence-corrected chi connectivity index (χ1v) is 13.0. The van der Waals surface area contributed by atoms with E-state index in [2.05, 4.69) is 9.80 Å². The van der Waals surface area contributed by atoms with Gasteiger partial charge in [-0.1, -0.05) is 12.8 Å². The number of fused-ring (bicyclic) bond motifs is 1. The van der Waals surface area contributed by atoms with Gasteiger partial charge in [0.1, 0.15) is 0 Å². The smallest absolute Gasteiger partial charge is 0.336 e. The molecule has 7 nitrogen and oxygen atoms in total. The highest BCUT2D eigenvalue weighted by Gasteiger charge is 2.45. The van der Waals surface area contributed by atoms with E-state index in [1.165, 1.54) is 32.6 Å². The summed E-state index contributed by atoms with van der Waals surface area (Å²) < 4.78 is 0. The Labute approximate surface area is 192 Å². The third kappa shape index (κ3) is 5.15. The molecule has 2 aliphatic heterocycles. The molecule has 0 bridgehead atoms. The lowest BCUT2D eigenvalue weighted by molar-refractivity contribution is -0.159. The number of aliphatic carboxylic acids is 1. The Kier molecular flexibility index (Phi) is 7.47. The summed E-state index contributed by atoms with van der Waals surface area (Å²) in [5, 5.41) is 19.6. The molecule has 2 aliphatic carbocycles. The van der Waals surface area contributed by atoms with Crippen LogP contribution in [0.4, 0.5) is 0 Å². The molecule has 1 amide bonds. The number of carbonyl (C=O) groups excluding carboxylic acids is 1. The SMILES string of the molecule is CC(O)(CN1CCC2CCC(C(=O)N3CCC(C4CCCC(CN)C4)CC3)CC21)C(=O)O. The van der Waals surface area contributed by atoms with E-state index in [4.69, 9.17) is 5.73 Å². The van der Waals surface area contributed by atoms with Crippen LogP contribution in [0.2, 0.25) is 0 Å². The molecular formula is C25H43N3O4. The Hall–Kier alpha value is -1.18. The Balaban J connectivity index is 1.29. The van der Waals surface area contributed by atoms with Crippen LogP contribution in [0.25, 0.3) is 0 Å². The number of nitrogens with zero attached hydrogens (tertiary/aromatic N) is 2. The zero-order chi connectivity index (χ0) is 22.9. The van der Waals surface area contributed by atoms with Crippen LogP contribution in [0.15, 0.2) is 0 Å². The molecule has 2 saturated carbocycles. The van der Waals surface area contributed by atoms with Gasteiger partial charge in [-0.3, -0.25) is 9.69 Å². The number of hydrogen-bond donors (Lipinski definition) is 3. The highest BCUT2D eigenvalue weighted by molar-refractivity contribution is 5.79. The molecule has 32 heavy (non-hydrogen) atoms. The molecule has 6 unspecified atom stereocenters. The summed E-state index contributed by atoms with van der Waals surface area (Å²) in [5.41, 5.74) is 4.19. The number of rotatable bonds is 6. The van der Waals surface area contributed by atoms with E-state index in [0.29, 0.717) is 17.7 Å². The molecule has 4 fully saturated rings. The number of hydrogen-bond acceptors (Lipinski definition) is 5. The number of carboxylic acid groups (broad SMARTS) is 1. The molecule has 0 radical (unpaired) electrons. The number of carbonyl (C=O) groups is 2. The van der Waals surface area contributed by atoms with Crippen molar-refractivity contribution in [3.63, 3.8) is 0 Å². The van der Waals surface area contributed by atoms with E-state index < -0.39 is 11.6 Å². The molecule has 4 N–H and O–H groups in total. The minimum absolute atomic E-state index is 0.0412. The summed E-state index contributed by atoms with van der Waals surface area (Å²) in [7, 11) is 0. The lowest BCUT2D eigenvalue weighted by atomic mass is 9.72. The van der Waals surface area contributed by atoms with Crippen LogP contribution in [-0.4, -0.2) is 76.3 Å². The quantitative estimate of drug-likeness (QED) is 0.574. The fourth-order valence-electron chi connectivity index (χ4n) is 7.20. The maximum atomic E-state index is 13.4. The van der Waals surface area contributed by atoms with E-state index >= 15 is 0 Å². The zero-order valence-electron chi connectivity index (χ0n) is 19.8. The second-order valence-corrected chi connectivity index (χ2v) is 11.4. The van der Waals surface area contributed by atoms with Crippen molar-refractivity contribution >= 4 is 11.9 Å². The van der Waals surface area contributed by atoms with Gasteiger partial charge in [0.2, 0.25) is 5.91 Å². The standard InChI is InChI=1S/C25H43N3O4/c1-25(32,24(30)31)16-28-12-9-19-5-6-21(14-22(19)28)23(29)27-10-7-18(8-11-27)20-4-2-3-17(13-20)15-26/h17-22,32H,2-16,26H2,1H3,(H,30,31). The molecule has 0 aromatic carbocycles. The molecule has 0 aromatic heterocycles. The third-order valence-electron chi connectivity index (χ3n) is 9.21. The first-order chi connectivity index (χ1) is 15.3. The average Bonchev–Trinajstić information content (AvgIpc) is 3.20. The summed E-state index contributed by atoms with van der Waals surface area (Å²) in [5.74, 6) is 1.92. The van der Waals surface area contributed by atoms with Crippen molar-refractivity contribution in [1.82, 2.24) is 9.80 Å².